The molecule has 0 amide bonds. The Labute approximate surface area is 120 Å². The van der Waals surface area contributed by atoms with E-state index in [1.165, 1.54) is 0 Å². The number of esters is 1. The highest BCUT2D eigenvalue weighted by Crippen LogP contribution is 2.21. The molecule has 0 fully saturated rings. The van der Waals surface area contributed by atoms with Gasteiger partial charge in [-0.2, -0.15) is 4.39 Å². The van der Waals surface area contributed by atoms with Gasteiger partial charge in [0.25, 0.3) is 0 Å². The summed E-state index contributed by atoms with van der Waals surface area (Å²) in [6.07, 6.45) is 0. The molecule has 20 heavy (non-hydrogen) atoms. The molecule has 2 nitrogen and oxygen atoms in total. The van der Waals surface area contributed by atoms with Gasteiger partial charge in [0.2, 0.25) is 0 Å². The van der Waals surface area contributed by atoms with Gasteiger partial charge in [-0.3, -0.25) is 0 Å². The highest BCUT2D eigenvalue weighted by molar-refractivity contribution is 6.83. The van der Waals surface area contributed by atoms with E-state index in [-0.39, 0.29) is 12.2 Å². The lowest BCUT2D eigenvalue weighted by atomic mass is 10.1. The first-order valence-electron chi connectivity index (χ1n) is 6.50. The number of carbonyl (C=O) groups excluding carboxylic acids is 1. The van der Waals surface area contributed by atoms with Crippen LogP contribution in [0.4, 0.5) is 4.39 Å². The lowest BCUT2D eigenvalue weighted by Gasteiger charge is -2.07. The predicted octanol–water partition coefficient (Wildman–Crippen LogP) is 3.81. The van der Waals surface area contributed by atoms with Crippen molar-refractivity contribution >= 4 is 19.6 Å². The molecule has 0 aliphatic heterocycles. The fraction of sp³-hybridized carbons (Fsp3) is 0.312. The van der Waals surface area contributed by atoms with E-state index in [1.807, 2.05) is 19.6 Å². The van der Waals surface area contributed by atoms with Crippen molar-refractivity contribution in [1.29, 1.82) is 0 Å². The quantitative estimate of drug-likeness (QED) is 0.366. The van der Waals surface area contributed by atoms with Crippen molar-refractivity contribution in [3.05, 3.63) is 41.7 Å². The van der Waals surface area contributed by atoms with Crippen LogP contribution in [-0.2, 0) is 9.53 Å². The summed E-state index contributed by atoms with van der Waals surface area (Å²) in [5.74, 6) is 1.08. The standard InChI is InChI=1S/C16H19FO2Si/c1-5-19-16(18)15(13-9-7-6-8-10-13)14(17)11-12-20(2,3)4/h6-10H,5H2,1-4H3/b15-14+. The first-order chi connectivity index (χ1) is 9.35. The fourth-order valence-electron chi connectivity index (χ4n) is 1.45. The number of benzene rings is 1. The monoisotopic (exact) mass is 290 g/mol. The van der Waals surface area contributed by atoms with Crippen LogP contribution in [0.15, 0.2) is 36.2 Å². The molecule has 0 saturated carbocycles. The number of hydrogen-bond donors (Lipinski definition) is 0. The van der Waals surface area contributed by atoms with Crippen LogP contribution in [0.5, 0.6) is 0 Å². The maximum atomic E-state index is 14.3. The third-order valence-electron chi connectivity index (χ3n) is 2.31. The van der Waals surface area contributed by atoms with Gasteiger partial charge in [-0.05, 0) is 18.4 Å². The Morgan fingerprint density at radius 3 is 2.35 bits per heavy atom. The highest BCUT2D eigenvalue weighted by atomic mass is 28.3. The molecule has 0 N–H and O–H groups in total. The van der Waals surface area contributed by atoms with Crippen LogP contribution in [0.3, 0.4) is 0 Å². The van der Waals surface area contributed by atoms with Crippen LogP contribution in [0.25, 0.3) is 5.57 Å². The molecule has 1 aromatic carbocycles. The van der Waals surface area contributed by atoms with Gasteiger partial charge in [-0.1, -0.05) is 50.0 Å². The zero-order valence-corrected chi connectivity index (χ0v) is 13.3. The first-order valence-corrected chi connectivity index (χ1v) is 10.0. The molecule has 0 atom stereocenters. The topological polar surface area (TPSA) is 26.3 Å². The molecular formula is C16H19FO2Si. The van der Waals surface area contributed by atoms with E-state index in [0.29, 0.717) is 5.56 Å². The molecule has 0 aromatic heterocycles. The summed E-state index contributed by atoms with van der Waals surface area (Å²) in [7, 11) is -1.71. The van der Waals surface area contributed by atoms with Gasteiger partial charge in [0.05, 0.1) is 6.61 Å². The fourth-order valence-corrected chi connectivity index (χ4v) is 1.93. The lowest BCUT2D eigenvalue weighted by Crippen LogP contribution is -2.16. The van der Waals surface area contributed by atoms with Crippen molar-refractivity contribution in [1.82, 2.24) is 0 Å². The highest BCUT2D eigenvalue weighted by Gasteiger charge is 2.18. The van der Waals surface area contributed by atoms with Crippen molar-refractivity contribution in [3.63, 3.8) is 0 Å². The number of halogens is 1. The van der Waals surface area contributed by atoms with Gasteiger partial charge in [-0.25, -0.2) is 4.79 Å². The number of carbonyl (C=O) groups is 1. The molecule has 1 rings (SSSR count). The van der Waals surface area contributed by atoms with Crippen molar-refractivity contribution in [2.24, 2.45) is 0 Å². The summed E-state index contributed by atoms with van der Waals surface area (Å²) >= 11 is 0. The second-order valence-corrected chi connectivity index (χ2v) is 10.0. The molecule has 0 bridgehead atoms. The summed E-state index contributed by atoms with van der Waals surface area (Å²) in [4.78, 5) is 11.9. The van der Waals surface area contributed by atoms with Gasteiger partial charge in [0.1, 0.15) is 13.6 Å². The van der Waals surface area contributed by atoms with Crippen LogP contribution in [-0.4, -0.2) is 20.7 Å². The van der Waals surface area contributed by atoms with E-state index >= 15 is 0 Å². The molecule has 0 saturated heterocycles. The van der Waals surface area contributed by atoms with E-state index < -0.39 is 19.9 Å². The van der Waals surface area contributed by atoms with E-state index in [4.69, 9.17) is 4.74 Å². The average Bonchev–Trinajstić information content (AvgIpc) is 2.37. The summed E-state index contributed by atoms with van der Waals surface area (Å²) < 4.78 is 19.2. The first kappa shape index (κ1) is 16.2. The lowest BCUT2D eigenvalue weighted by molar-refractivity contribution is -0.136. The molecule has 106 valence electrons. The predicted molar refractivity (Wildman–Crippen MR) is 82.2 cm³/mol. The molecule has 0 unspecified atom stereocenters. The van der Waals surface area contributed by atoms with Crippen molar-refractivity contribution in [2.45, 2.75) is 26.6 Å². The molecule has 0 spiro atoms. The zero-order chi connectivity index (χ0) is 15.2. The summed E-state index contributed by atoms with van der Waals surface area (Å²) in [5, 5.41) is 0. The summed E-state index contributed by atoms with van der Waals surface area (Å²) in [5.41, 5.74) is 3.30. The smallest absolute Gasteiger partial charge is 0.342 e. The maximum absolute atomic E-state index is 14.3. The van der Waals surface area contributed by atoms with Gasteiger partial charge in [-0.15, -0.1) is 5.54 Å². The van der Waals surface area contributed by atoms with Gasteiger partial charge in [0.15, 0.2) is 5.83 Å². The van der Waals surface area contributed by atoms with E-state index in [0.717, 1.165) is 0 Å². The Balaban J connectivity index is 3.29. The molecular weight excluding hydrogens is 271 g/mol. The molecule has 1 aromatic rings. The summed E-state index contributed by atoms with van der Waals surface area (Å²) in [6.45, 7) is 7.93. The minimum atomic E-state index is -1.71. The van der Waals surface area contributed by atoms with Crippen LogP contribution < -0.4 is 0 Å². The number of rotatable bonds is 3. The SMILES string of the molecule is CCOC(=O)/C(=C(/F)C#C[Si](C)(C)C)c1ccccc1. The van der Waals surface area contributed by atoms with Crippen molar-refractivity contribution in [2.75, 3.05) is 6.61 Å². The van der Waals surface area contributed by atoms with Crippen molar-refractivity contribution in [3.8, 4) is 11.5 Å². The minimum Gasteiger partial charge on any atom is -0.462 e. The van der Waals surface area contributed by atoms with Crippen LogP contribution >= 0.6 is 0 Å². The van der Waals surface area contributed by atoms with E-state index in [1.54, 1.807) is 37.3 Å². The number of hydrogen-bond acceptors (Lipinski definition) is 2. The minimum absolute atomic E-state index is 0.0989. The van der Waals surface area contributed by atoms with Crippen LogP contribution in [0.1, 0.15) is 12.5 Å². The Morgan fingerprint density at radius 2 is 1.85 bits per heavy atom. The average molecular weight is 290 g/mol. The van der Waals surface area contributed by atoms with Gasteiger partial charge in [0, 0.05) is 0 Å². The molecule has 0 aliphatic rings. The summed E-state index contributed by atoms with van der Waals surface area (Å²) in [6, 6.07) is 8.63. The Morgan fingerprint density at radius 1 is 1.25 bits per heavy atom. The molecule has 0 aliphatic carbocycles. The van der Waals surface area contributed by atoms with Gasteiger partial charge < -0.3 is 4.74 Å². The Bertz CT molecular complexity index is 560. The zero-order valence-electron chi connectivity index (χ0n) is 12.3. The third kappa shape index (κ3) is 5.02. The molecule has 4 heteroatoms. The Kier molecular flexibility index (Phi) is 5.72. The second-order valence-electron chi connectivity index (χ2n) is 5.28. The Hall–Kier alpha value is -1.86. The normalized spacial score (nSPS) is 12.1. The van der Waals surface area contributed by atoms with E-state index in [2.05, 4.69) is 11.5 Å². The molecule has 0 radical (unpaired) electrons. The number of allylic oxidation sites excluding steroid dienone is 1. The number of ether oxygens (including phenoxy) is 1. The van der Waals surface area contributed by atoms with Gasteiger partial charge >= 0.3 is 5.97 Å². The van der Waals surface area contributed by atoms with Crippen LogP contribution in [0, 0.1) is 11.5 Å². The largest absolute Gasteiger partial charge is 0.462 e. The second kappa shape index (κ2) is 7.06. The van der Waals surface area contributed by atoms with Crippen LogP contribution in [0.2, 0.25) is 19.6 Å². The van der Waals surface area contributed by atoms with E-state index in [9.17, 15) is 9.18 Å². The third-order valence-corrected chi connectivity index (χ3v) is 3.18. The molecule has 0 heterocycles. The van der Waals surface area contributed by atoms with Crippen molar-refractivity contribution < 1.29 is 13.9 Å². The maximum Gasteiger partial charge on any atom is 0.342 e.